The van der Waals surface area contributed by atoms with Crippen molar-refractivity contribution in [3.05, 3.63) is 30.1 Å². The molecule has 0 spiro atoms. The number of carbonyl (C=O) groups is 1. The van der Waals surface area contributed by atoms with Gasteiger partial charge in [-0.15, -0.1) is 0 Å². The van der Waals surface area contributed by atoms with Gasteiger partial charge >= 0.3 is 0 Å². The highest BCUT2D eigenvalue weighted by atomic mass is 16.1. The highest BCUT2D eigenvalue weighted by molar-refractivity contribution is 6.01. The van der Waals surface area contributed by atoms with Crippen molar-refractivity contribution in [3.63, 3.8) is 0 Å². The van der Waals surface area contributed by atoms with Crippen LogP contribution in [0.3, 0.4) is 0 Å². The van der Waals surface area contributed by atoms with Gasteiger partial charge in [-0.25, -0.2) is 4.98 Å². The molecule has 0 N–H and O–H groups in total. The number of fused-ring (bicyclic) bond motifs is 1. The van der Waals surface area contributed by atoms with Gasteiger partial charge in [0.2, 0.25) is 0 Å². The minimum absolute atomic E-state index is 0.277. The van der Waals surface area contributed by atoms with Crippen molar-refractivity contribution in [1.82, 2.24) is 9.55 Å². The van der Waals surface area contributed by atoms with Gasteiger partial charge in [0.15, 0.2) is 5.78 Å². The summed E-state index contributed by atoms with van der Waals surface area (Å²) in [6.07, 6.45) is 3.95. The van der Waals surface area contributed by atoms with Gasteiger partial charge in [-0.05, 0) is 44.9 Å². The Kier molecular flexibility index (Phi) is 2.28. The van der Waals surface area contributed by atoms with Crippen LogP contribution in [0.2, 0.25) is 0 Å². The normalized spacial score (nSPS) is 15.7. The summed E-state index contributed by atoms with van der Waals surface area (Å²) in [5.74, 6) is 0.561. The Morgan fingerprint density at radius 3 is 2.82 bits per heavy atom. The molecule has 3 heteroatoms. The number of rotatable bonds is 3. The highest BCUT2D eigenvalue weighted by Gasteiger charge is 2.30. The summed E-state index contributed by atoms with van der Waals surface area (Å²) in [6.45, 7) is 4.26. The molecule has 88 valence electrons. The lowest BCUT2D eigenvalue weighted by atomic mass is 10.1. The fraction of sp³-hybridized carbons (Fsp3) is 0.429. The van der Waals surface area contributed by atoms with Crippen LogP contribution in [0.5, 0.6) is 0 Å². The van der Waals surface area contributed by atoms with Gasteiger partial charge in [0.1, 0.15) is 0 Å². The van der Waals surface area contributed by atoms with E-state index in [9.17, 15) is 4.79 Å². The smallest absolute Gasteiger partial charge is 0.166 e. The lowest BCUT2D eigenvalue weighted by Crippen LogP contribution is -2.01. The van der Waals surface area contributed by atoms with E-state index in [-0.39, 0.29) is 11.7 Å². The zero-order valence-electron chi connectivity index (χ0n) is 10.2. The van der Waals surface area contributed by atoms with E-state index >= 15 is 0 Å². The average molecular weight is 228 g/mol. The summed E-state index contributed by atoms with van der Waals surface area (Å²) in [4.78, 5) is 16.3. The summed E-state index contributed by atoms with van der Waals surface area (Å²) in [5, 5.41) is 0. The number of aromatic nitrogens is 2. The van der Waals surface area contributed by atoms with Crippen molar-refractivity contribution in [3.8, 4) is 0 Å². The molecule has 1 aliphatic carbocycles. The zero-order valence-corrected chi connectivity index (χ0v) is 10.2. The second-order valence-electron chi connectivity index (χ2n) is 5.09. The van der Waals surface area contributed by atoms with E-state index in [1.807, 2.05) is 24.5 Å². The van der Waals surface area contributed by atoms with E-state index < -0.39 is 0 Å². The molecule has 0 bridgehead atoms. The fourth-order valence-electron chi connectivity index (χ4n) is 2.18. The summed E-state index contributed by atoms with van der Waals surface area (Å²) in [5.41, 5.74) is 2.84. The van der Waals surface area contributed by atoms with Gasteiger partial charge in [-0.1, -0.05) is 0 Å². The molecular formula is C14H16N2O. The largest absolute Gasteiger partial charge is 0.328 e. The molecule has 1 aliphatic rings. The van der Waals surface area contributed by atoms with Gasteiger partial charge in [0, 0.05) is 17.5 Å². The van der Waals surface area contributed by atoms with E-state index in [2.05, 4.69) is 23.4 Å². The van der Waals surface area contributed by atoms with Crippen molar-refractivity contribution >= 4 is 16.8 Å². The first-order chi connectivity index (χ1) is 8.16. The molecule has 1 saturated carbocycles. The Hall–Kier alpha value is -1.64. The third-order valence-electron chi connectivity index (χ3n) is 3.36. The predicted molar refractivity (Wildman–Crippen MR) is 67.2 cm³/mol. The van der Waals surface area contributed by atoms with Crippen molar-refractivity contribution in [2.75, 3.05) is 0 Å². The maximum absolute atomic E-state index is 12.0. The summed E-state index contributed by atoms with van der Waals surface area (Å²) in [7, 11) is 0. The first kappa shape index (κ1) is 10.5. The molecule has 0 saturated heterocycles. The van der Waals surface area contributed by atoms with E-state index in [1.165, 1.54) is 0 Å². The van der Waals surface area contributed by atoms with Crippen LogP contribution in [-0.2, 0) is 0 Å². The Morgan fingerprint density at radius 2 is 2.18 bits per heavy atom. The predicted octanol–water partition coefficient (Wildman–Crippen LogP) is 3.21. The number of hydrogen-bond acceptors (Lipinski definition) is 2. The summed E-state index contributed by atoms with van der Waals surface area (Å²) in [6, 6.07) is 6.26. The highest BCUT2D eigenvalue weighted by Crippen LogP contribution is 2.33. The number of nitrogens with zero attached hydrogens (tertiary/aromatic N) is 2. The zero-order chi connectivity index (χ0) is 12.0. The number of ketones is 1. The lowest BCUT2D eigenvalue weighted by Gasteiger charge is -2.07. The molecule has 1 aromatic heterocycles. The Bertz CT molecular complexity index is 579. The van der Waals surface area contributed by atoms with Gasteiger partial charge in [-0.3, -0.25) is 4.79 Å². The topological polar surface area (TPSA) is 34.9 Å². The second kappa shape index (κ2) is 3.69. The average Bonchev–Trinajstić information content (AvgIpc) is 3.06. The standard InChI is InChI=1S/C14H16N2O/c1-9(2)16-8-15-12-7-11(5-6-13(12)16)14(17)10-3-4-10/h5-10H,3-4H2,1-2H3. The fourth-order valence-corrected chi connectivity index (χ4v) is 2.18. The van der Waals surface area contributed by atoms with Crippen LogP contribution in [0.25, 0.3) is 11.0 Å². The molecule has 0 unspecified atom stereocenters. The molecule has 0 radical (unpaired) electrons. The number of benzene rings is 1. The number of hydrogen-bond donors (Lipinski definition) is 0. The number of carbonyl (C=O) groups excluding carboxylic acids is 1. The maximum atomic E-state index is 12.0. The first-order valence-electron chi connectivity index (χ1n) is 6.17. The first-order valence-corrected chi connectivity index (χ1v) is 6.17. The quantitative estimate of drug-likeness (QED) is 0.756. The van der Waals surface area contributed by atoms with Crippen LogP contribution in [0.1, 0.15) is 43.1 Å². The van der Waals surface area contributed by atoms with Gasteiger partial charge < -0.3 is 4.57 Å². The van der Waals surface area contributed by atoms with Crippen molar-refractivity contribution in [1.29, 1.82) is 0 Å². The number of Topliss-reactive ketones (excluding diaryl/α,β-unsaturated/α-hetero) is 1. The van der Waals surface area contributed by atoms with E-state index in [1.54, 1.807) is 0 Å². The Labute approximate surface area is 100 Å². The van der Waals surface area contributed by atoms with Gasteiger partial charge in [-0.2, -0.15) is 0 Å². The van der Waals surface area contributed by atoms with Crippen molar-refractivity contribution in [2.45, 2.75) is 32.7 Å². The molecule has 0 atom stereocenters. The Balaban J connectivity index is 2.05. The van der Waals surface area contributed by atoms with E-state index in [0.29, 0.717) is 6.04 Å². The van der Waals surface area contributed by atoms with E-state index in [4.69, 9.17) is 0 Å². The summed E-state index contributed by atoms with van der Waals surface area (Å²) < 4.78 is 2.13. The van der Waals surface area contributed by atoms with Crippen molar-refractivity contribution in [2.24, 2.45) is 5.92 Å². The van der Waals surface area contributed by atoms with Crippen LogP contribution in [0.4, 0.5) is 0 Å². The molecule has 1 fully saturated rings. The maximum Gasteiger partial charge on any atom is 0.166 e. The van der Waals surface area contributed by atoms with E-state index in [0.717, 1.165) is 29.4 Å². The Morgan fingerprint density at radius 1 is 1.41 bits per heavy atom. The molecule has 1 aromatic carbocycles. The van der Waals surface area contributed by atoms with Crippen molar-refractivity contribution < 1.29 is 4.79 Å². The monoisotopic (exact) mass is 228 g/mol. The van der Waals surface area contributed by atoms with Crippen LogP contribution in [-0.4, -0.2) is 15.3 Å². The van der Waals surface area contributed by atoms with Crippen LogP contribution < -0.4 is 0 Å². The molecular weight excluding hydrogens is 212 g/mol. The molecule has 3 nitrogen and oxygen atoms in total. The molecule has 17 heavy (non-hydrogen) atoms. The van der Waals surface area contributed by atoms with Crippen LogP contribution in [0.15, 0.2) is 24.5 Å². The third kappa shape index (κ3) is 1.75. The van der Waals surface area contributed by atoms with Crippen LogP contribution >= 0.6 is 0 Å². The van der Waals surface area contributed by atoms with Gasteiger partial charge in [0.05, 0.1) is 17.4 Å². The second-order valence-corrected chi connectivity index (χ2v) is 5.09. The van der Waals surface area contributed by atoms with Gasteiger partial charge in [0.25, 0.3) is 0 Å². The lowest BCUT2D eigenvalue weighted by molar-refractivity contribution is 0.0968. The van der Waals surface area contributed by atoms with Crippen LogP contribution in [0, 0.1) is 5.92 Å². The molecule has 0 aliphatic heterocycles. The molecule has 3 rings (SSSR count). The SMILES string of the molecule is CC(C)n1cnc2cc(C(=O)C3CC3)ccc21. The minimum Gasteiger partial charge on any atom is -0.328 e. The summed E-state index contributed by atoms with van der Waals surface area (Å²) >= 11 is 0. The molecule has 1 heterocycles. The molecule has 2 aromatic rings. The minimum atomic E-state index is 0.277. The third-order valence-corrected chi connectivity index (χ3v) is 3.36. The number of imidazole rings is 1. The molecule has 0 amide bonds.